The first-order chi connectivity index (χ1) is 12.7. The summed E-state index contributed by atoms with van der Waals surface area (Å²) in [4.78, 5) is 17.0. The van der Waals surface area contributed by atoms with E-state index in [0.29, 0.717) is 35.9 Å². The van der Waals surface area contributed by atoms with Crippen molar-refractivity contribution in [3.05, 3.63) is 52.2 Å². The lowest BCUT2D eigenvalue weighted by molar-refractivity contribution is 0.190. The summed E-state index contributed by atoms with van der Waals surface area (Å²) in [5.74, 6) is 0. The van der Waals surface area contributed by atoms with Crippen molar-refractivity contribution in [3.8, 4) is 11.1 Å². The molecule has 3 aromatic heterocycles. The van der Waals surface area contributed by atoms with Crippen molar-refractivity contribution in [1.82, 2.24) is 29.4 Å². The molecule has 0 N–H and O–H groups in total. The topological polar surface area (TPSA) is 87.2 Å². The second kappa shape index (κ2) is 6.81. The largest absolute Gasteiger partial charge is 0.385 e. The zero-order valence-electron chi connectivity index (χ0n) is 14.0. The van der Waals surface area contributed by atoms with Crippen LogP contribution in [0.3, 0.4) is 0 Å². The summed E-state index contributed by atoms with van der Waals surface area (Å²) in [6.07, 6.45) is 3.89. The first kappa shape index (κ1) is 16.6. The van der Waals surface area contributed by atoms with Crippen molar-refractivity contribution in [3.63, 3.8) is 0 Å². The van der Waals surface area contributed by atoms with Crippen molar-refractivity contribution in [2.45, 2.75) is 13.0 Å². The molecule has 132 valence electrons. The van der Waals surface area contributed by atoms with E-state index in [-0.39, 0.29) is 11.1 Å². The van der Waals surface area contributed by atoms with Gasteiger partial charge in [-0.05, 0) is 24.1 Å². The van der Waals surface area contributed by atoms with Gasteiger partial charge in [0.2, 0.25) is 0 Å². The van der Waals surface area contributed by atoms with Crippen molar-refractivity contribution in [2.24, 2.45) is 0 Å². The van der Waals surface area contributed by atoms with Crippen molar-refractivity contribution >= 4 is 28.4 Å². The summed E-state index contributed by atoms with van der Waals surface area (Å²) >= 11 is 5.94. The molecule has 0 aliphatic rings. The number of fused-ring (bicyclic) bond motifs is 3. The maximum absolute atomic E-state index is 12.6. The molecule has 8 nitrogen and oxygen atoms in total. The molecule has 3 heterocycles. The molecule has 4 aromatic rings. The second-order valence-corrected chi connectivity index (χ2v) is 6.20. The van der Waals surface area contributed by atoms with E-state index in [4.69, 9.17) is 16.3 Å². The van der Waals surface area contributed by atoms with E-state index in [0.717, 1.165) is 11.1 Å². The van der Waals surface area contributed by atoms with E-state index >= 15 is 0 Å². The van der Waals surface area contributed by atoms with E-state index in [1.54, 1.807) is 25.4 Å². The molecule has 0 bridgehead atoms. The zero-order valence-corrected chi connectivity index (χ0v) is 14.7. The first-order valence-electron chi connectivity index (χ1n) is 8.03. The molecule has 0 saturated heterocycles. The van der Waals surface area contributed by atoms with Crippen molar-refractivity contribution in [1.29, 1.82) is 0 Å². The fourth-order valence-corrected chi connectivity index (χ4v) is 2.90. The van der Waals surface area contributed by atoms with Gasteiger partial charge in [-0.2, -0.15) is 9.61 Å². The predicted octanol–water partition coefficient (Wildman–Crippen LogP) is 2.19. The molecule has 0 aliphatic heterocycles. The molecule has 9 heteroatoms. The maximum Gasteiger partial charge on any atom is 0.283 e. The molecular weight excluding hydrogens is 356 g/mol. The zero-order chi connectivity index (χ0) is 18.1. The minimum atomic E-state index is -0.246. The Kier molecular flexibility index (Phi) is 4.36. The van der Waals surface area contributed by atoms with Crippen LogP contribution in [0.1, 0.15) is 6.42 Å². The highest BCUT2D eigenvalue weighted by Crippen LogP contribution is 2.25. The summed E-state index contributed by atoms with van der Waals surface area (Å²) in [6, 6.07) is 7.36. The van der Waals surface area contributed by atoms with Crippen LogP contribution in [0.15, 0.2) is 41.6 Å². The third-order valence-electron chi connectivity index (χ3n) is 4.09. The molecule has 0 aliphatic carbocycles. The fourth-order valence-electron chi connectivity index (χ4n) is 2.77. The smallest absolute Gasteiger partial charge is 0.283 e. The number of aromatic nitrogens is 6. The van der Waals surface area contributed by atoms with E-state index < -0.39 is 0 Å². The standard InChI is InChI=1S/C17H15ClN6O2/c1-26-8-2-7-23-10-19-16-14(17(23)25)21-22-15-13(9-20-24(15)16)11-3-5-12(18)6-4-11/h3-6,9-10H,2,7-8H2,1H3. The lowest BCUT2D eigenvalue weighted by atomic mass is 10.1. The normalized spacial score (nSPS) is 11.5. The summed E-state index contributed by atoms with van der Waals surface area (Å²) in [5.41, 5.74) is 2.55. The average molecular weight is 371 g/mol. The van der Waals surface area contributed by atoms with Crippen LogP contribution in [0.5, 0.6) is 0 Å². The van der Waals surface area contributed by atoms with E-state index in [9.17, 15) is 4.79 Å². The van der Waals surface area contributed by atoms with E-state index in [2.05, 4.69) is 20.3 Å². The van der Waals surface area contributed by atoms with E-state index in [1.165, 1.54) is 15.4 Å². The number of hydrogen-bond acceptors (Lipinski definition) is 6. The number of halogens is 1. The molecule has 0 spiro atoms. The Balaban J connectivity index is 1.82. The van der Waals surface area contributed by atoms with Gasteiger partial charge in [0, 0.05) is 30.8 Å². The number of benzene rings is 1. The summed E-state index contributed by atoms with van der Waals surface area (Å²) in [7, 11) is 1.62. The summed E-state index contributed by atoms with van der Waals surface area (Å²) < 4.78 is 8.05. The van der Waals surface area contributed by atoms with Gasteiger partial charge < -0.3 is 4.74 Å². The quantitative estimate of drug-likeness (QED) is 0.500. The van der Waals surface area contributed by atoms with Crippen LogP contribution in [-0.4, -0.2) is 43.1 Å². The monoisotopic (exact) mass is 370 g/mol. The van der Waals surface area contributed by atoms with Crippen LogP contribution >= 0.6 is 11.6 Å². The molecule has 0 fully saturated rings. The fraction of sp³-hybridized carbons (Fsp3) is 0.235. The van der Waals surface area contributed by atoms with Gasteiger partial charge >= 0.3 is 0 Å². The third kappa shape index (κ3) is 2.83. The Morgan fingerprint density at radius 2 is 1.96 bits per heavy atom. The van der Waals surface area contributed by atoms with Crippen LogP contribution in [0.4, 0.5) is 0 Å². The molecule has 0 atom stereocenters. The Hall–Kier alpha value is -2.84. The van der Waals surface area contributed by atoms with Gasteiger partial charge in [0.25, 0.3) is 5.56 Å². The van der Waals surface area contributed by atoms with E-state index in [1.807, 2.05) is 12.1 Å². The third-order valence-corrected chi connectivity index (χ3v) is 4.34. The van der Waals surface area contributed by atoms with Gasteiger partial charge in [-0.3, -0.25) is 9.36 Å². The Morgan fingerprint density at radius 1 is 1.15 bits per heavy atom. The molecule has 0 amide bonds. The molecule has 0 radical (unpaired) electrons. The number of ether oxygens (including phenoxy) is 1. The highest BCUT2D eigenvalue weighted by atomic mass is 35.5. The summed E-state index contributed by atoms with van der Waals surface area (Å²) in [6.45, 7) is 1.07. The number of hydrogen-bond donors (Lipinski definition) is 0. The van der Waals surface area contributed by atoms with Gasteiger partial charge in [-0.1, -0.05) is 23.7 Å². The number of rotatable bonds is 5. The Labute approximate surface area is 153 Å². The Morgan fingerprint density at radius 3 is 2.73 bits per heavy atom. The first-order valence-corrected chi connectivity index (χ1v) is 8.41. The maximum atomic E-state index is 12.6. The average Bonchev–Trinajstić information content (AvgIpc) is 3.09. The van der Waals surface area contributed by atoms with Gasteiger partial charge in [-0.15, -0.1) is 10.2 Å². The predicted molar refractivity (Wildman–Crippen MR) is 97.3 cm³/mol. The molecule has 1 aromatic carbocycles. The molecule has 0 unspecified atom stereocenters. The molecule has 4 rings (SSSR count). The lowest BCUT2D eigenvalue weighted by Crippen LogP contribution is -2.23. The van der Waals surface area contributed by atoms with Crippen LogP contribution in [-0.2, 0) is 11.3 Å². The highest BCUT2D eigenvalue weighted by Gasteiger charge is 2.15. The van der Waals surface area contributed by atoms with Gasteiger partial charge in [0.05, 0.1) is 6.20 Å². The van der Waals surface area contributed by atoms with Crippen LogP contribution in [0, 0.1) is 0 Å². The minimum Gasteiger partial charge on any atom is -0.385 e. The number of nitrogens with zero attached hydrogens (tertiary/aromatic N) is 6. The van der Waals surface area contributed by atoms with Crippen LogP contribution in [0.25, 0.3) is 27.9 Å². The lowest BCUT2D eigenvalue weighted by Gasteiger charge is -2.06. The van der Waals surface area contributed by atoms with Crippen molar-refractivity contribution in [2.75, 3.05) is 13.7 Å². The minimum absolute atomic E-state index is 0.183. The van der Waals surface area contributed by atoms with Gasteiger partial charge in [0.15, 0.2) is 16.8 Å². The number of aryl methyl sites for hydroxylation is 1. The molecule has 26 heavy (non-hydrogen) atoms. The van der Waals surface area contributed by atoms with Gasteiger partial charge in [-0.25, -0.2) is 4.98 Å². The Bertz CT molecular complexity index is 1140. The molecule has 0 saturated carbocycles. The SMILES string of the molecule is COCCCn1cnc2c(nnc3c(-c4ccc(Cl)cc4)cnn32)c1=O. The van der Waals surface area contributed by atoms with Crippen LogP contribution < -0.4 is 5.56 Å². The highest BCUT2D eigenvalue weighted by molar-refractivity contribution is 6.30. The number of methoxy groups -OCH3 is 1. The second-order valence-electron chi connectivity index (χ2n) is 5.76. The summed E-state index contributed by atoms with van der Waals surface area (Å²) in [5, 5.41) is 13.3. The van der Waals surface area contributed by atoms with Crippen LogP contribution in [0.2, 0.25) is 5.02 Å². The van der Waals surface area contributed by atoms with Gasteiger partial charge in [0.1, 0.15) is 6.33 Å². The molecular formula is C17H15ClN6O2. The van der Waals surface area contributed by atoms with Crippen molar-refractivity contribution < 1.29 is 4.74 Å².